The normalized spacial score (nSPS) is 10.4. The molecule has 0 aromatic carbocycles. The number of hydrogen-bond donors (Lipinski definition) is 0. The Kier molecular flexibility index (Phi) is 3.96. The number of rotatable bonds is 5. The molecule has 2 aromatic heterocycles. The maximum absolute atomic E-state index is 11.5. The van der Waals surface area contributed by atoms with Crippen molar-refractivity contribution in [2.45, 2.75) is 13.5 Å². The van der Waals surface area contributed by atoms with E-state index < -0.39 is 11.7 Å². The molecule has 0 spiro atoms. The molecule has 2 rings (SSSR count). The molecule has 0 unspecified atom stereocenters. The first-order chi connectivity index (χ1) is 9.06. The smallest absolute Gasteiger partial charge is 0.437 e. The van der Waals surface area contributed by atoms with Gasteiger partial charge in [0.05, 0.1) is 4.88 Å². The summed E-state index contributed by atoms with van der Waals surface area (Å²) in [5.41, 5.74) is 0.722. The third-order valence-corrected chi connectivity index (χ3v) is 2.95. The number of esters is 1. The quantitative estimate of drug-likeness (QED) is 0.615. The van der Waals surface area contributed by atoms with Crippen molar-refractivity contribution in [3.63, 3.8) is 0 Å². The second-order valence-electron chi connectivity index (χ2n) is 3.93. The molecule has 0 N–H and O–H groups in total. The van der Waals surface area contributed by atoms with E-state index >= 15 is 0 Å². The zero-order valence-electron chi connectivity index (χ0n) is 10.3. The monoisotopic (exact) mass is 280 g/mol. The topological polar surface area (TPSA) is 74.3 Å². The zero-order chi connectivity index (χ0) is 13.8. The van der Waals surface area contributed by atoms with Crippen molar-refractivity contribution in [3.8, 4) is 10.8 Å². The third kappa shape index (κ3) is 3.41. The Bertz CT molecular complexity index is 639. The van der Waals surface area contributed by atoms with Crippen molar-refractivity contribution in [1.29, 1.82) is 0 Å². The van der Waals surface area contributed by atoms with Crippen LogP contribution in [0.5, 0.6) is 0 Å². The molecule has 0 amide bonds. The van der Waals surface area contributed by atoms with Crippen molar-refractivity contribution in [2.75, 3.05) is 6.61 Å². The van der Waals surface area contributed by atoms with Gasteiger partial charge in [0.25, 0.3) is 5.89 Å². The molecule has 100 valence electrons. The van der Waals surface area contributed by atoms with Crippen LogP contribution in [0.1, 0.15) is 6.92 Å². The van der Waals surface area contributed by atoms with Crippen LogP contribution in [0, 0.1) is 0 Å². The Labute approximate surface area is 112 Å². The van der Waals surface area contributed by atoms with E-state index in [4.69, 9.17) is 9.15 Å². The summed E-state index contributed by atoms with van der Waals surface area (Å²) >= 11 is 1.39. The number of hydrogen-bond acceptors (Lipinski definition) is 6. The number of carbonyl (C=O) groups excluding carboxylic acids is 1. The van der Waals surface area contributed by atoms with Gasteiger partial charge in [-0.3, -0.25) is 4.79 Å². The lowest BCUT2D eigenvalue weighted by atomic mass is 10.4. The summed E-state index contributed by atoms with van der Waals surface area (Å²) in [5.74, 6) is -1.04. The first-order valence-corrected chi connectivity index (χ1v) is 6.36. The Morgan fingerprint density at radius 1 is 1.63 bits per heavy atom. The first-order valence-electron chi connectivity index (χ1n) is 5.48. The second kappa shape index (κ2) is 5.66. The van der Waals surface area contributed by atoms with E-state index in [-0.39, 0.29) is 19.0 Å². The van der Waals surface area contributed by atoms with Crippen molar-refractivity contribution in [2.24, 2.45) is 0 Å². The second-order valence-corrected chi connectivity index (χ2v) is 4.87. The SMILES string of the molecule is C=C(C)COC(=O)Cn1nc(-c2cccs2)oc1=O. The standard InChI is InChI=1S/C12H12N2O4S/c1-8(2)7-17-10(15)6-14-12(16)18-11(13-14)9-4-3-5-19-9/h3-5H,1,6-7H2,2H3. The van der Waals surface area contributed by atoms with Crippen LogP contribution in [0.2, 0.25) is 0 Å². The fourth-order valence-electron chi connectivity index (χ4n) is 1.28. The minimum absolute atomic E-state index is 0.128. The third-order valence-electron chi connectivity index (χ3n) is 2.10. The van der Waals surface area contributed by atoms with E-state index in [1.807, 2.05) is 11.4 Å². The van der Waals surface area contributed by atoms with Crippen LogP contribution in [0.4, 0.5) is 0 Å². The number of aromatic nitrogens is 2. The largest absolute Gasteiger partial charge is 0.460 e. The molecule has 0 saturated heterocycles. The highest BCUT2D eigenvalue weighted by Gasteiger charge is 2.14. The minimum Gasteiger partial charge on any atom is -0.460 e. The number of ether oxygens (including phenoxy) is 1. The number of thiophene rings is 1. The lowest BCUT2D eigenvalue weighted by Crippen LogP contribution is -2.23. The molecule has 0 aliphatic rings. The van der Waals surface area contributed by atoms with Crippen molar-refractivity contribution >= 4 is 17.3 Å². The summed E-state index contributed by atoms with van der Waals surface area (Å²) < 4.78 is 10.8. The van der Waals surface area contributed by atoms with Gasteiger partial charge >= 0.3 is 11.7 Å². The van der Waals surface area contributed by atoms with Gasteiger partial charge in [0.15, 0.2) is 0 Å². The minimum atomic E-state index is -0.685. The van der Waals surface area contributed by atoms with Crippen molar-refractivity contribution < 1.29 is 13.9 Å². The van der Waals surface area contributed by atoms with Crippen LogP contribution >= 0.6 is 11.3 Å². The average molecular weight is 280 g/mol. The van der Waals surface area contributed by atoms with Crippen LogP contribution in [0.3, 0.4) is 0 Å². The fourth-order valence-corrected chi connectivity index (χ4v) is 1.92. The molecule has 19 heavy (non-hydrogen) atoms. The van der Waals surface area contributed by atoms with Gasteiger partial charge in [-0.25, -0.2) is 4.79 Å². The molecule has 0 saturated carbocycles. The van der Waals surface area contributed by atoms with Crippen molar-refractivity contribution in [1.82, 2.24) is 9.78 Å². The van der Waals surface area contributed by atoms with E-state index in [1.54, 1.807) is 13.0 Å². The van der Waals surface area contributed by atoms with Crippen LogP contribution in [-0.2, 0) is 16.1 Å². The molecule has 2 aromatic rings. The summed E-state index contributed by atoms with van der Waals surface area (Å²) in [7, 11) is 0. The van der Waals surface area contributed by atoms with Gasteiger partial charge in [-0.1, -0.05) is 12.6 Å². The van der Waals surface area contributed by atoms with E-state index in [0.717, 1.165) is 15.1 Å². The van der Waals surface area contributed by atoms with Gasteiger partial charge < -0.3 is 9.15 Å². The molecule has 0 radical (unpaired) electrons. The van der Waals surface area contributed by atoms with E-state index in [9.17, 15) is 9.59 Å². The molecule has 0 aliphatic heterocycles. The predicted molar refractivity (Wildman–Crippen MR) is 69.8 cm³/mol. The molecule has 0 atom stereocenters. The van der Waals surface area contributed by atoms with Gasteiger partial charge in [-0.15, -0.1) is 16.4 Å². The summed E-state index contributed by atoms with van der Waals surface area (Å²) in [6.45, 7) is 5.20. The Morgan fingerprint density at radius 2 is 2.42 bits per heavy atom. The van der Waals surface area contributed by atoms with Crippen molar-refractivity contribution in [3.05, 3.63) is 40.2 Å². The maximum Gasteiger partial charge on any atom is 0.437 e. The van der Waals surface area contributed by atoms with Crippen LogP contribution in [0.15, 0.2) is 38.9 Å². The molecule has 0 bridgehead atoms. The Morgan fingerprint density at radius 3 is 3.05 bits per heavy atom. The van der Waals surface area contributed by atoms with Gasteiger partial charge in [-0.2, -0.15) is 4.68 Å². The molecule has 6 nitrogen and oxygen atoms in total. The zero-order valence-corrected chi connectivity index (χ0v) is 11.1. The molecular weight excluding hydrogens is 268 g/mol. The van der Waals surface area contributed by atoms with Gasteiger partial charge in [0, 0.05) is 0 Å². The van der Waals surface area contributed by atoms with E-state index in [2.05, 4.69) is 11.7 Å². The summed E-state index contributed by atoms with van der Waals surface area (Å²) in [4.78, 5) is 23.7. The predicted octanol–water partition coefficient (Wildman–Crippen LogP) is 1.68. The number of carbonyl (C=O) groups is 1. The molecule has 0 fully saturated rings. The van der Waals surface area contributed by atoms with Gasteiger partial charge in [-0.05, 0) is 23.9 Å². The molecule has 2 heterocycles. The fraction of sp³-hybridized carbons (Fsp3) is 0.250. The van der Waals surface area contributed by atoms with Crippen LogP contribution in [-0.4, -0.2) is 22.4 Å². The summed E-state index contributed by atoms with van der Waals surface area (Å²) in [6.07, 6.45) is 0. The molecule has 7 heteroatoms. The lowest BCUT2D eigenvalue weighted by molar-refractivity contribution is -0.143. The average Bonchev–Trinajstić information content (AvgIpc) is 2.97. The van der Waals surface area contributed by atoms with Gasteiger partial charge in [0.1, 0.15) is 13.2 Å². The lowest BCUT2D eigenvalue weighted by Gasteiger charge is -2.02. The van der Waals surface area contributed by atoms with E-state index in [0.29, 0.717) is 0 Å². The van der Waals surface area contributed by atoms with E-state index in [1.165, 1.54) is 11.3 Å². The summed E-state index contributed by atoms with van der Waals surface area (Å²) in [5, 5.41) is 5.79. The highest BCUT2D eigenvalue weighted by Crippen LogP contribution is 2.20. The number of nitrogens with zero attached hydrogens (tertiary/aromatic N) is 2. The maximum atomic E-state index is 11.5. The molecular formula is C12H12N2O4S. The Balaban J connectivity index is 2.07. The van der Waals surface area contributed by atoms with Crippen LogP contribution in [0.25, 0.3) is 10.8 Å². The molecule has 0 aliphatic carbocycles. The summed E-state index contributed by atoms with van der Waals surface area (Å²) in [6, 6.07) is 3.60. The highest BCUT2D eigenvalue weighted by molar-refractivity contribution is 7.13. The van der Waals surface area contributed by atoms with Crippen LogP contribution < -0.4 is 5.76 Å². The van der Waals surface area contributed by atoms with Gasteiger partial charge in [0.2, 0.25) is 0 Å². The Hall–Kier alpha value is -2.15. The highest BCUT2D eigenvalue weighted by atomic mass is 32.1. The first kappa shape index (κ1) is 13.3.